The summed E-state index contributed by atoms with van der Waals surface area (Å²) in [6, 6.07) is 3.95. The van der Waals surface area contributed by atoms with Gasteiger partial charge in [0.2, 0.25) is 17.6 Å². The molecule has 0 spiro atoms. The first kappa shape index (κ1) is 17.6. The first-order valence-corrected chi connectivity index (χ1v) is 10.1. The highest BCUT2D eigenvalue weighted by Gasteiger charge is 2.27. The van der Waals surface area contributed by atoms with Crippen molar-refractivity contribution in [3.63, 3.8) is 0 Å². The number of thiophene rings is 1. The standard InChI is InChI=1S/C18H24N4O3S/c23-18(19-10-14-5-2-8-24-14)13-4-1-7-22(11-13)12-16-20-17(21-25-16)15-6-3-9-26-15/h3,6,9,13-14H,1-2,4-5,7-8,10-12H2,(H,19,23)/t13-,14-/m1/s1. The van der Waals surface area contributed by atoms with Crippen molar-refractivity contribution in [2.24, 2.45) is 5.92 Å². The van der Waals surface area contributed by atoms with Crippen LogP contribution in [0, 0.1) is 5.92 Å². The van der Waals surface area contributed by atoms with Gasteiger partial charge >= 0.3 is 0 Å². The number of nitrogens with one attached hydrogen (secondary N) is 1. The van der Waals surface area contributed by atoms with Crippen LogP contribution in [0.2, 0.25) is 0 Å². The highest BCUT2D eigenvalue weighted by molar-refractivity contribution is 7.13. The molecule has 8 heteroatoms. The number of likely N-dealkylation sites (tertiary alicyclic amines) is 1. The Balaban J connectivity index is 1.28. The van der Waals surface area contributed by atoms with E-state index in [1.165, 1.54) is 0 Å². The molecule has 4 rings (SSSR count). The molecule has 0 saturated carbocycles. The molecule has 2 atom stereocenters. The minimum absolute atomic E-state index is 0.0184. The second-order valence-electron chi connectivity index (χ2n) is 6.94. The van der Waals surface area contributed by atoms with Crippen molar-refractivity contribution >= 4 is 17.2 Å². The quantitative estimate of drug-likeness (QED) is 0.833. The number of carbonyl (C=O) groups excluding carboxylic acids is 1. The molecule has 2 aliphatic rings. The van der Waals surface area contributed by atoms with Crippen LogP contribution in [0.5, 0.6) is 0 Å². The minimum atomic E-state index is 0.0184. The molecule has 26 heavy (non-hydrogen) atoms. The summed E-state index contributed by atoms with van der Waals surface area (Å²) in [6.07, 6.45) is 4.26. The zero-order valence-electron chi connectivity index (χ0n) is 14.7. The van der Waals surface area contributed by atoms with E-state index in [0.717, 1.165) is 50.3 Å². The fourth-order valence-electron chi connectivity index (χ4n) is 3.59. The number of hydrogen-bond acceptors (Lipinski definition) is 7. The molecule has 1 amide bonds. The SMILES string of the molecule is O=C(NC[C@H]1CCCO1)[C@@H]1CCCN(Cc2nc(-c3cccs3)no2)C1. The monoisotopic (exact) mass is 376 g/mol. The number of carbonyl (C=O) groups is 1. The normalized spacial score (nSPS) is 24.0. The highest BCUT2D eigenvalue weighted by atomic mass is 32.1. The Bertz CT molecular complexity index is 712. The van der Waals surface area contributed by atoms with E-state index in [-0.39, 0.29) is 17.9 Å². The molecule has 0 unspecified atom stereocenters. The van der Waals surface area contributed by atoms with Crippen molar-refractivity contribution < 1.29 is 14.1 Å². The lowest BCUT2D eigenvalue weighted by Crippen LogP contribution is -2.44. The summed E-state index contributed by atoms with van der Waals surface area (Å²) in [5.74, 6) is 1.39. The topological polar surface area (TPSA) is 80.5 Å². The van der Waals surface area contributed by atoms with Crippen LogP contribution in [-0.4, -0.2) is 53.3 Å². The third-order valence-corrected chi connectivity index (χ3v) is 5.84. The lowest BCUT2D eigenvalue weighted by molar-refractivity contribution is -0.127. The molecule has 7 nitrogen and oxygen atoms in total. The van der Waals surface area contributed by atoms with E-state index in [1.54, 1.807) is 11.3 Å². The average Bonchev–Trinajstić information content (AvgIpc) is 3.41. The number of nitrogens with zero attached hydrogens (tertiary/aromatic N) is 3. The van der Waals surface area contributed by atoms with Gasteiger partial charge in [-0.3, -0.25) is 9.69 Å². The molecule has 140 valence electrons. The van der Waals surface area contributed by atoms with Crippen LogP contribution < -0.4 is 5.32 Å². The Morgan fingerprint density at radius 1 is 1.38 bits per heavy atom. The fourth-order valence-corrected chi connectivity index (χ4v) is 4.24. The van der Waals surface area contributed by atoms with Crippen LogP contribution in [0.3, 0.4) is 0 Å². The van der Waals surface area contributed by atoms with Crippen molar-refractivity contribution in [2.45, 2.75) is 38.3 Å². The molecule has 2 saturated heterocycles. The highest BCUT2D eigenvalue weighted by Crippen LogP contribution is 2.23. The number of amides is 1. The largest absolute Gasteiger partial charge is 0.376 e. The first-order chi connectivity index (χ1) is 12.8. The molecule has 0 bridgehead atoms. The molecule has 0 aromatic carbocycles. The van der Waals surface area contributed by atoms with Gasteiger partial charge in [-0.15, -0.1) is 11.3 Å². The number of ether oxygens (including phenoxy) is 1. The predicted octanol–water partition coefficient (Wildman–Crippen LogP) is 2.31. The third kappa shape index (κ3) is 4.31. The van der Waals surface area contributed by atoms with Gasteiger partial charge in [0, 0.05) is 19.7 Å². The van der Waals surface area contributed by atoms with E-state index in [1.807, 2.05) is 17.5 Å². The third-order valence-electron chi connectivity index (χ3n) is 4.97. The molecule has 2 aromatic rings. The maximum atomic E-state index is 12.5. The zero-order chi connectivity index (χ0) is 17.8. The molecular weight excluding hydrogens is 352 g/mol. The summed E-state index contributed by atoms with van der Waals surface area (Å²) in [4.78, 5) is 20.2. The Kier molecular flexibility index (Phi) is 5.62. The van der Waals surface area contributed by atoms with Crippen molar-refractivity contribution in [1.82, 2.24) is 20.4 Å². The van der Waals surface area contributed by atoms with Gasteiger partial charge in [0.05, 0.1) is 23.4 Å². The zero-order valence-corrected chi connectivity index (χ0v) is 15.5. The second-order valence-corrected chi connectivity index (χ2v) is 7.89. The lowest BCUT2D eigenvalue weighted by atomic mass is 9.97. The van der Waals surface area contributed by atoms with Crippen molar-refractivity contribution in [3.05, 3.63) is 23.4 Å². The van der Waals surface area contributed by atoms with Gasteiger partial charge in [-0.25, -0.2) is 0 Å². The van der Waals surface area contributed by atoms with Crippen LogP contribution >= 0.6 is 11.3 Å². The van der Waals surface area contributed by atoms with Crippen LogP contribution in [0.15, 0.2) is 22.0 Å². The van der Waals surface area contributed by atoms with E-state index < -0.39 is 0 Å². The second kappa shape index (κ2) is 8.28. The van der Waals surface area contributed by atoms with Gasteiger partial charge in [-0.2, -0.15) is 4.98 Å². The van der Waals surface area contributed by atoms with E-state index in [2.05, 4.69) is 20.4 Å². The summed E-state index contributed by atoms with van der Waals surface area (Å²) in [6.45, 7) is 3.72. The summed E-state index contributed by atoms with van der Waals surface area (Å²) in [5.41, 5.74) is 0. The summed E-state index contributed by atoms with van der Waals surface area (Å²) in [5, 5.41) is 9.11. The average molecular weight is 376 g/mol. The molecule has 0 radical (unpaired) electrons. The van der Waals surface area contributed by atoms with E-state index in [0.29, 0.717) is 24.8 Å². The molecule has 1 N–H and O–H groups in total. The number of aromatic nitrogens is 2. The first-order valence-electron chi connectivity index (χ1n) is 9.26. The van der Waals surface area contributed by atoms with Crippen LogP contribution in [0.4, 0.5) is 0 Å². The number of piperidine rings is 1. The van der Waals surface area contributed by atoms with Gasteiger partial charge in [0.25, 0.3) is 0 Å². The molecule has 2 aliphatic heterocycles. The number of rotatable bonds is 6. The van der Waals surface area contributed by atoms with Crippen LogP contribution in [-0.2, 0) is 16.1 Å². The molecular formula is C18H24N4O3S. The van der Waals surface area contributed by atoms with Gasteiger partial charge in [0.15, 0.2) is 0 Å². The summed E-state index contributed by atoms with van der Waals surface area (Å²) >= 11 is 1.59. The van der Waals surface area contributed by atoms with Crippen LogP contribution in [0.1, 0.15) is 31.6 Å². The van der Waals surface area contributed by atoms with Gasteiger partial charge in [-0.1, -0.05) is 11.2 Å². The van der Waals surface area contributed by atoms with Crippen molar-refractivity contribution in [3.8, 4) is 10.7 Å². The number of hydrogen-bond donors (Lipinski definition) is 1. The molecule has 2 aromatic heterocycles. The smallest absolute Gasteiger partial charge is 0.241 e. The van der Waals surface area contributed by atoms with Gasteiger partial charge in [-0.05, 0) is 43.7 Å². The van der Waals surface area contributed by atoms with Gasteiger partial charge in [0.1, 0.15) is 0 Å². The van der Waals surface area contributed by atoms with Crippen LogP contribution in [0.25, 0.3) is 10.7 Å². The summed E-state index contributed by atoms with van der Waals surface area (Å²) in [7, 11) is 0. The Morgan fingerprint density at radius 3 is 3.15 bits per heavy atom. The molecule has 4 heterocycles. The molecule has 2 fully saturated rings. The lowest BCUT2D eigenvalue weighted by Gasteiger charge is -2.31. The Labute approximate surface area is 156 Å². The molecule has 0 aliphatic carbocycles. The minimum Gasteiger partial charge on any atom is -0.376 e. The Hall–Kier alpha value is -1.77. The van der Waals surface area contributed by atoms with Crippen molar-refractivity contribution in [2.75, 3.05) is 26.2 Å². The van der Waals surface area contributed by atoms with E-state index in [9.17, 15) is 4.79 Å². The van der Waals surface area contributed by atoms with Gasteiger partial charge < -0.3 is 14.6 Å². The summed E-state index contributed by atoms with van der Waals surface area (Å²) < 4.78 is 11.0. The Morgan fingerprint density at radius 2 is 2.35 bits per heavy atom. The maximum Gasteiger partial charge on any atom is 0.241 e. The van der Waals surface area contributed by atoms with E-state index >= 15 is 0 Å². The van der Waals surface area contributed by atoms with Crippen molar-refractivity contribution in [1.29, 1.82) is 0 Å². The van der Waals surface area contributed by atoms with E-state index in [4.69, 9.17) is 9.26 Å². The maximum absolute atomic E-state index is 12.5. The predicted molar refractivity (Wildman–Crippen MR) is 97.6 cm³/mol. The fraction of sp³-hybridized carbons (Fsp3) is 0.611.